The third-order valence-electron chi connectivity index (χ3n) is 4.98. The number of carbonyl (C=O) groups excluding carboxylic acids is 1. The fourth-order valence-corrected chi connectivity index (χ4v) is 3.70. The molecular formula is C19H23N3O3. The molecule has 2 aliphatic heterocycles. The second-order valence-electron chi connectivity index (χ2n) is 6.78. The first-order valence-corrected chi connectivity index (χ1v) is 8.82. The quantitative estimate of drug-likeness (QED) is 0.845. The molecule has 0 spiro atoms. The van der Waals surface area contributed by atoms with Crippen molar-refractivity contribution >= 4 is 5.91 Å². The Morgan fingerprint density at radius 3 is 2.96 bits per heavy atom. The van der Waals surface area contributed by atoms with Gasteiger partial charge in [-0.2, -0.15) is 0 Å². The van der Waals surface area contributed by atoms with E-state index in [-0.39, 0.29) is 12.0 Å². The number of furan rings is 1. The lowest BCUT2D eigenvalue weighted by atomic mass is 10.1. The van der Waals surface area contributed by atoms with Crippen LogP contribution in [0.2, 0.25) is 0 Å². The molecule has 6 heteroatoms. The summed E-state index contributed by atoms with van der Waals surface area (Å²) in [6.07, 6.45) is 3.93. The maximum atomic E-state index is 12.6. The van der Waals surface area contributed by atoms with Crippen LogP contribution in [0.4, 0.5) is 0 Å². The summed E-state index contributed by atoms with van der Waals surface area (Å²) in [6, 6.07) is 9.59. The predicted molar refractivity (Wildman–Crippen MR) is 91.7 cm³/mol. The molecule has 2 saturated heterocycles. The molecule has 2 atom stereocenters. The van der Waals surface area contributed by atoms with Crippen LogP contribution in [0.5, 0.6) is 0 Å². The third kappa shape index (κ3) is 3.91. The Hall–Kier alpha value is -2.18. The van der Waals surface area contributed by atoms with E-state index in [0.717, 1.165) is 37.6 Å². The van der Waals surface area contributed by atoms with Crippen LogP contribution in [0.15, 0.2) is 47.2 Å². The number of rotatable bonds is 4. The van der Waals surface area contributed by atoms with Gasteiger partial charge in [-0.25, -0.2) is 0 Å². The molecule has 2 fully saturated rings. The molecule has 0 aromatic carbocycles. The average Bonchev–Trinajstić information content (AvgIpc) is 3.22. The van der Waals surface area contributed by atoms with Crippen LogP contribution < -0.4 is 0 Å². The zero-order valence-corrected chi connectivity index (χ0v) is 14.2. The van der Waals surface area contributed by atoms with Gasteiger partial charge in [0.15, 0.2) is 0 Å². The van der Waals surface area contributed by atoms with E-state index in [1.807, 2.05) is 35.2 Å². The van der Waals surface area contributed by atoms with Gasteiger partial charge in [-0.15, -0.1) is 0 Å². The lowest BCUT2D eigenvalue weighted by Crippen LogP contribution is -2.34. The molecular weight excluding hydrogens is 318 g/mol. The highest BCUT2D eigenvalue weighted by atomic mass is 16.5. The van der Waals surface area contributed by atoms with Gasteiger partial charge in [-0.05, 0) is 24.3 Å². The minimum Gasteiger partial charge on any atom is -0.468 e. The molecule has 0 radical (unpaired) electrons. The van der Waals surface area contributed by atoms with Crippen molar-refractivity contribution in [3.05, 3.63) is 54.2 Å². The number of fused-ring (bicyclic) bond motifs is 1. The van der Waals surface area contributed by atoms with E-state index in [4.69, 9.17) is 9.15 Å². The SMILES string of the molecule is O=C(Cc1ccccn1)N1C[C@@H]2CN(Cc3ccco3)CCO[C@@H]2C1. The summed E-state index contributed by atoms with van der Waals surface area (Å²) in [5.41, 5.74) is 0.819. The smallest absolute Gasteiger partial charge is 0.228 e. The van der Waals surface area contributed by atoms with Gasteiger partial charge in [0.2, 0.25) is 5.91 Å². The highest BCUT2D eigenvalue weighted by Gasteiger charge is 2.38. The van der Waals surface area contributed by atoms with Gasteiger partial charge in [0.25, 0.3) is 0 Å². The van der Waals surface area contributed by atoms with Crippen LogP contribution >= 0.6 is 0 Å². The Morgan fingerprint density at radius 1 is 1.20 bits per heavy atom. The fraction of sp³-hybridized carbons (Fsp3) is 0.474. The molecule has 4 heterocycles. The molecule has 2 aliphatic rings. The second-order valence-corrected chi connectivity index (χ2v) is 6.78. The number of hydrogen-bond acceptors (Lipinski definition) is 5. The van der Waals surface area contributed by atoms with E-state index in [9.17, 15) is 4.79 Å². The molecule has 2 aromatic heterocycles. The van der Waals surface area contributed by atoms with Crippen molar-refractivity contribution in [1.29, 1.82) is 0 Å². The summed E-state index contributed by atoms with van der Waals surface area (Å²) >= 11 is 0. The standard InChI is InChI=1S/C19H23N3O3/c23-19(10-16-4-1-2-6-20-16)22-12-15-11-21(7-9-25-18(15)14-22)13-17-5-3-8-24-17/h1-6,8,15,18H,7,9-14H2/t15-,18+/m0/s1. The summed E-state index contributed by atoms with van der Waals surface area (Å²) in [5, 5.41) is 0. The molecule has 2 aromatic rings. The van der Waals surface area contributed by atoms with E-state index in [0.29, 0.717) is 25.5 Å². The third-order valence-corrected chi connectivity index (χ3v) is 4.98. The van der Waals surface area contributed by atoms with E-state index < -0.39 is 0 Å². The number of aromatic nitrogens is 1. The van der Waals surface area contributed by atoms with Crippen LogP contribution in [0.25, 0.3) is 0 Å². The number of likely N-dealkylation sites (tertiary alicyclic amines) is 1. The first-order valence-electron chi connectivity index (χ1n) is 8.82. The number of pyridine rings is 1. The van der Waals surface area contributed by atoms with Crippen LogP contribution in [0.1, 0.15) is 11.5 Å². The van der Waals surface area contributed by atoms with Crippen molar-refractivity contribution in [3.63, 3.8) is 0 Å². The average molecular weight is 341 g/mol. The van der Waals surface area contributed by atoms with E-state index in [1.165, 1.54) is 0 Å². The van der Waals surface area contributed by atoms with Crippen molar-refractivity contribution in [2.45, 2.75) is 19.1 Å². The summed E-state index contributed by atoms with van der Waals surface area (Å²) in [6.45, 7) is 4.76. The number of hydrogen-bond donors (Lipinski definition) is 0. The molecule has 0 bridgehead atoms. The first-order chi connectivity index (χ1) is 12.3. The first kappa shape index (κ1) is 16.3. The minimum absolute atomic E-state index is 0.132. The molecule has 0 saturated carbocycles. The molecule has 25 heavy (non-hydrogen) atoms. The summed E-state index contributed by atoms with van der Waals surface area (Å²) in [5.74, 6) is 1.46. The van der Waals surface area contributed by atoms with Crippen LogP contribution in [-0.4, -0.2) is 59.6 Å². The van der Waals surface area contributed by atoms with Gasteiger partial charge >= 0.3 is 0 Å². The normalized spacial score (nSPS) is 24.1. The number of nitrogens with zero attached hydrogens (tertiary/aromatic N) is 3. The number of carbonyl (C=O) groups is 1. The summed E-state index contributed by atoms with van der Waals surface area (Å²) in [4.78, 5) is 21.1. The topological polar surface area (TPSA) is 58.8 Å². The highest BCUT2D eigenvalue weighted by Crippen LogP contribution is 2.25. The van der Waals surface area contributed by atoms with Gasteiger partial charge < -0.3 is 14.1 Å². The maximum Gasteiger partial charge on any atom is 0.228 e. The van der Waals surface area contributed by atoms with Crippen molar-refractivity contribution < 1.29 is 13.9 Å². The van der Waals surface area contributed by atoms with Gasteiger partial charge in [0.1, 0.15) is 5.76 Å². The zero-order valence-electron chi connectivity index (χ0n) is 14.2. The highest BCUT2D eigenvalue weighted by molar-refractivity contribution is 5.78. The molecule has 4 rings (SSSR count). The largest absolute Gasteiger partial charge is 0.468 e. The Labute approximate surface area is 147 Å². The molecule has 1 amide bonds. The van der Waals surface area contributed by atoms with Gasteiger partial charge in [-0.3, -0.25) is 14.7 Å². The number of ether oxygens (including phenoxy) is 1. The Morgan fingerprint density at radius 2 is 2.16 bits per heavy atom. The Bertz CT molecular complexity index is 689. The predicted octanol–water partition coefficient (Wildman–Crippen LogP) is 1.58. The summed E-state index contributed by atoms with van der Waals surface area (Å²) < 4.78 is 11.5. The number of amides is 1. The molecule has 132 valence electrons. The van der Waals surface area contributed by atoms with Crippen molar-refractivity contribution in [2.24, 2.45) is 5.92 Å². The monoisotopic (exact) mass is 341 g/mol. The van der Waals surface area contributed by atoms with Crippen molar-refractivity contribution in [1.82, 2.24) is 14.8 Å². The van der Waals surface area contributed by atoms with Gasteiger partial charge in [0, 0.05) is 44.0 Å². The van der Waals surface area contributed by atoms with E-state index in [2.05, 4.69) is 9.88 Å². The van der Waals surface area contributed by atoms with E-state index >= 15 is 0 Å². The lowest BCUT2D eigenvalue weighted by molar-refractivity contribution is -0.130. The van der Waals surface area contributed by atoms with Crippen LogP contribution in [-0.2, 0) is 22.5 Å². The molecule has 0 unspecified atom stereocenters. The maximum absolute atomic E-state index is 12.6. The van der Waals surface area contributed by atoms with Crippen LogP contribution in [0.3, 0.4) is 0 Å². The van der Waals surface area contributed by atoms with Crippen LogP contribution in [0, 0.1) is 5.92 Å². The molecule has 0 aliphatic carbocycles. The minimum atomic E-state index is 0.132. The Balaban J connectivity index is 1.36. The van der Waals surface area contributed by atoms with Gasteiger partial charge in [0.05, 0.1) is 31.9 Å². The van der Waals surface area contributed by atoms with Crippen molar-refractivity contribution in [2.75, 3.05) is 32.8 Å². The fourth-order valence-electron chi connectivity index (χ4n) is 3.70. The molecule has 6 nitrogen and oxygen atoms in total. The lowest BCUT2D eigenvalue weighted by Gasteiger charge is -2.22. The molecule has 0 N–H and O–H groups in total. The summed E-state index contributed by atoms with van der Waals surface area (Å²) in [7, 11) is 0. The van der Waals surface area contributed by atoms with E-state index in [1.54, 1.807) is 12.5 Å². The van der Waals surface area contributed by atoms with Gasteiger partial charge in [-0.1, -0.05) is 6.07 Å². The zero-order chi connectivity index (χ0) is 17.1. The second kappa shape index (κ2) is 7.37. The Kier molecular flexibility index (Phi) is 4.81. The van der Waals surface area contributed by atoms with Crippen molar-refractivity contribution in [3.8, 4) is 0 Å².